The summed E-state index contributed by atoms with van der Waals surface area (Å²) in [5.74, 6) is -1.09. The normalized spacial score (nSPS) is 21.8. The van der Waals surface area contributed by atoms with E-state index < -0.39 is 5.97 Å². The Kier molecular flexibility index (Phi) is 1.60. The quantitative estimate of drug-likeness (QED) is 0.672. The SMILES string of the molecule is O=C(O)[C@@H]1CCCn2nccc21. The summed E-state index contributed by atoms with van der Waals surface area (Å²) >= 11 is 0. The molecule has 2 rings (SSSR count). The molecule has 1 aromatic rings. The van der Waals surface area contributed by atoms with Crippen LogP contribution in [0.4, 0.5) is 0 Å². The maximum Gasteiger partial charge on any atom is 0.312 e. The zero-order valence-corrected chi connectivity index (χ0v) is 6.60. The maximum atomic E-state index is 10.8. The highest BCUT2D eigenvalue weighted by Gasteiger charge is 2.26. The van der Waals surface area contributed by atoms with E-state index in [0.717, 1.165) is 25.1 Å². The van der Waals surface area contributed by atoms with Crippen molar-refractivity contribution in [2.75, 3.05) is 0 Å². The van der Waals surface area contributed by atoms with Crippen molar-refractivity contribution in [3.05, 3.63) is 18.0 Å². The monoisotopic (exact) mass is 166 g/mol. The van der Waals surface area contributed by atoms with E-state index in [0.29, 0.717) is 0 Å². The van der Waals surface area contributed by atoms with Crippen molar-refractivity contribution in [2.24, 2.45) is 0 Å². The Hall–Kier alpha value is -1.32. The van der Waals surface area contributed by atoms with E-state index in [9.17, 15) is 4.79 Å². The highest BCUT2D eigenvalue weighted by Crippen LogP contribution is 2.26. The third kappa shape index (κ3) is 0.995. The molecule has 0 fully saturated rings. The number of aryl methyl sites for hydroxylation is 1. The smallest absolute Gasteiger partial charge is 0.312 e. The molecule has 0 aromatic carbocycles. The van der Waals surface area contributed by atoms with E-state index in [1.54, 1.807) is 16.9 Å². The zero-order valence-electron chi connectivity index (χ0n) is 6.60. The predicted octanol–water partition coefficient (Wildman–Crippen LogP) is 0.845. The lowest BCUT2D eigenvalue weighted by molar-refractivity contribution is -0.139. The standard InChI is InChI=1S/C8H10N2O2/c11-8(12)6-2-1-5-10-7(6)3-4-9-10/h3-4,6H,1-2,5H2,(H,11,12)/t6-/m1/s1. The summed E-state index contributed by atoms with van der Waals surface area (Å²) in [6, 6.07) is 1.79. The van der Waals surface area contributed by atoms with Gasteiger partial charge in [-0.25, -0.2) is 0 Å². The fraction of sp³-hybridized carbons (Fsp3) is 0.500. The number of rotatable bonds is 1. The van der Waals surface area contributed by atoms with Gasteiger partial charge >= 0.3 is 5.97 Å². The Balaban J connectivity index is 2.37. The van der Waals surface area contributed by atoms with Crippen molar-refractivity contribution in [2.45, 2.75) is 25.3 Å². The number of carboxylic acid groups (broad SMARTS) is 1. The van der Waals surface area contributed by atoms with E-state index in [1.165, 1.54) is 0 Å². The molecule has 0 bridgehead atoms. The van der Waals surface area contributed by atoms with Crippen LogP contribution in [0.15, 0.2) is 12.3 Å². The molecule has 1 N–H and O–H groups in total. The van der Waals surface area contributed by atoms with Gasteiger partial charge in [-0.2, -0.15) is 5.10 Å². The van der Waals surface area contributed by atoms with E-state index in [4.69, 9.17) is 5.11 Å². The van der Waals surface area contributed by atoms with Crippen molar-refractivity contribution in [3.63, 3.8) is 0 Å². The minimum absolute atomic E-state index is 0.346. The molecule has 0 spiro atoms. The summed E-state index contributed by atoms with van der Waals surface area (Å²) in [6.45, 7) is 0.853. The second-order valence-electron chi connectivity index (χ2n) is 3.01. The maximum absolute atomic E-state index is 10.8. The molecule has 0 amide bonds. The largest absolute Gasteiger partial charge is 0.481 e. The van der Waals surface area contributed by atoms with Crippen LogP contribution in [-0.4, -0.2) is 20.9 Å². The molecule has 1 aliphatic rings. The van der Waals surface area contributed by atoms with Crippen molar-refractivity contribution in [1.82, 2.24) is 9.78 Å². The van der Waals surface area contributed by atoms with Crippen LogP contribution in [0.1, 0.15) is 24.5 Å². The van der Waals surface area contributed by atoms with Gasteiger partial charge in [0.2, 0.25) is 0 Å². The van der Waals surface area contributed by atoms with Gasteiger partial charge in [-0.05, 0) is 18.9 Å². The van der Waals surface area contributed by atoms with Gasteiger partial charge in [-0.15, -0.1) is 0 Å². The van der Waals surface area contributed by atoms with Crippen LogP contribution in [0.2, 0.25) is 0 Å². The fourth-order valence-corrected chi connectivity index (χ4v) is 1.67. The van der Waals surface area contributed by atoms with Gasteiger partial charge in [0, 0.05) is 12.7 Å². The average Bonchev–Trinajstić information content (AvgIpc) is 2.49. The Morgan fingerprint density at radius 3 is 3.33 bits per heavy atom. The van der Waals surface area contributed by atoms with Gasteiger partial charge in [0.25, 0.3) is 0 Å². The van der Waals surface area contributed by atoms with Gasteiger partial charge < -0.3 is 5.11 Å². The second-order valence-corrected chi connectivity index (χ2v) is 3.01. The van der Waals surface area contributed by atoms with Crippen LogP contribution in [0.5, 0.6) is 0 Å². The molecule has 1 aliphatic heterocycles. The minimum atomic E-state index is -0.739. The number of hydrogen-bond acceptors (Lipinski definition) is 2. The third-order valence-electron chi connectivity index (χ3n) is 2.27. The summed E-state index contributed by atoms with van der Waals surface area (Å²) in [5, 5.41) is 12.9. The molecule has 4 heteroatoms. The van der Waals surface area contributed by atoms with Crippen molar-refractivity contribution in [3.8, 4) is 0 Å². The van der Waals surface area contributed by atoms with E-state index in [2.05, 4.69) is 5.10 Å². The highest BCUT2D eigenvalue weighted by atomic mass is 16.4. The molecule has 12 heavy (non-hydrogen) atoms. The number of fused-ring (bicyclic) bond motifs is 1. The van der Waals surface area contributed by atoms with Crippen LogP contribution < -0.4 is 0 Å². The van der Waals surface area contributed by atoms with Crippen LogP contribution in [-0.2, 0) is 11.3 Å². The molecule has 0 saturated carbocycles. The van der Waals surface area contributed by atoms with Crippen molar-refractivity contribution < 1.29 is 9.90 Å². The van der Waals surface area contributed by atoms with E-state index in [1.807, 2.05) is 0 Å². The molecule has 64 valence electrons. The van der Waals surface area contributed by atoms with Gasteiger partial charge in [0.1, 0.15) is 0 Å². The fourth-order valence-electron chi connectivity index (χ4n) is 1.67. The Morgan fingerprint density at radius 2 is 2.58 bits per heavy atom. The molecule has 1 aromatic heterocycles. The highest BCUT2D eigenvalue weighted by molar-refractivity contribution is 5.75. The van der Waals surface area contributed by atoms with Gasteiger partial charge in [0.05, 0.1) is 11.6 Å². The first-order valence-electron chi connectivity index (χ1n) is 4.03. The number of aliphatic carboxylic acids is 1. The lowest BCUT2D eigenvalue weighted by atomic mass is 9.97. The molecular formula is C8H10N2O2. The summed E-state index contributed by atoms with van der Waals surface area (Å²) < 4.78 is 1.78. The Morgan fingerprint density at radius 1 is 1.75 bits per heavy atom. The lowest BCUT2D eigenvalue weighted by Crippen LogP contribution is -2.21. The topological polar surface area (TPSA) is 55.1 Å². The molecular weight excluding hydrogens is 156 g/mol. The molecule has 0 radical (unpaired) electrons. The first kappa shape index (κ1) is 7.34. The summed E-state index contributed by atoms with van der Waals surface area (Å²) in [7, 11) is 0. The molecule has 0 aliphatic carbocycles. The molecule has 0 unspecified atom stereocenters. The average molecular weight is 166 g/mol. The molecule has 2 heterocycles. The predicted molar refractivity (Wildman–Crippen MR) is 41.8 cm³/mol. The number of aromatic nitrogens is 2. The van der Waals surface area contributed by atoms with Crippen molar-refractivity contribution >= 4 is 5.97 Å². The van der Waals surface area contributed by atoms with E-state index in [-0.39, 0.29) is 5.92 Å². The van der Waals surface area contributed by atoms with Crippen LogP contribution in [0.25, 0.3) is 0 Å². The summed E-state index contributed by atoms with van der Waals surface area (Å²) in [6.07, 6.45) is 3.31. The lowest BCUT2D eigenvalue weighted by Gasteiger charge is -2.19. The van der Waals surface area contributed by atoms with Crippen LogP contribution in [0.3, 0.4) is 0 Å². The molecule has 4 nitrogen and oxygen atoms in total. The second kappa shape index (κ2) is 2.62. The van der Waals surface area contributed by atoms with Crippen LogP contribution >= 0.6 is 0 Å². The van der Waals surface area contributed by atoms with Crippen molar-refractivity contribution in [1.29, 1.82) is 0 Å². The van der Waals surface area contributed by atoms with Gasteiger partial charge in [-0.3, -0.25) is 9.48 Å². The van der Waals surface area contributed by atoms with Gasteiger partial charge in [0.15, 0.2) is 0 Å². The number of carboxylic acids is 1. The summed E-state index contributed by atoms with van der Waals surface area (Å²) in [4.78, 5) is 10.8. The summed E-state index contributed by atoms with van der Waals surface area (Å²) in [5.41, 5.74) is 0.841. The number of hydrogen-bond donors (Lipinski definition) is 1. The van der Waals surface area contributed by atoms with Gasteiger partial charge in [-0.1, -0.05) is 0 Å². The van der Waals surface area contributed by atoms with Crippen LogP contribution in [0, 0.1) is 0 Å². The number of nitrogens with zero attached hydrogens (tertiary/aromatic N) is 2. The number of carbonyl (C=O) groups is 1. The zero-order chi connectivity index (χ0) is 8.55. The minimum Gasteiger partial charge on any atom is -0.481 e. The Bertz CT molecular complexity index is 306. The first-order chi connectivity index (χ1) is 5.79. The third-order valence-corrected chi connectivity index (χ3v) is 2.27. The molecule has 1 atom stereocenters. The Labute approximate surface area is 69.8 Å². The first-order valence-corrected chi connectivity index (χ1v) is 4.03. The molecule has 0 saturated heterocycles. The van der Waals surface area contributed by atoms with E-state index >= 15 is 0 Å².